The molecule has 0 saturated carbocycles. The van der Waals surface area contributed by atoms with Crippen molar-refractivity contribution in [2.24, 2.45) is 0 Å². The van der Waals surface area contributed by atoms with Crippen molar-refractivity contribution in [2.75, 3.05) is 18.9 Å². The average molecular weight is 369 g/mol. The molecule has 0 aliphatic rings. The molecule has 132 valence electrons. The number of halogens is 1. The Morgan fingerprint density at radius 1 is 1.12 bits per heavy atom. The predicted molar refractivity (Wildman–Crippen MR) is 100 cm³/mol. The summed E-state index contributed by atoms with van der Waals surface area (Å²) < 4.78 is 0. The zero-order chi connectivity index (χ0) is 18.5. The van der Waals surface area contributed by atoms with E-state index < -0.39 is 0 Å². The van der Waals surface area contributed by atoms with E-state index in [9.17, 15) is 4.79 Å². The van der Waals surface area contributed by atoms with Crippen LogP contribution in [0.5, 0.6) is 0 Å². The second-order valence-corrected chi connectivity index (χ2v) is 5.89. The van der Waals surface area contributed by atoms with Gasteiger partial charge in [-0.05, 0) is 37.3 Å². The number of carbonyl (C=O) groups excluding carboxylic acids is 1. The first-order chi connectivity index (χ1) is 12.6. The lowest BCUT2D eigenvalue weighted by molar-refractivity contribution is 0.0797. The molecule has 0 fully saturated rings. The van der Waals surface area contributed by atoms with Gasteiger partial charge in [0.25, 0.3) is 5.91 Å². The van der Waals surface area contributed by atoms with E-state index in [0.717, 1.165) is 11.3 Å². The molecule has 0 radical (unpaired) electrons. The van der Waals surface area contributed by atoms with Crippen molar-refractivity contribution in [3.05, 3.63) is 59.8 Å². The van der Waals surface area contributed by atoms with Crippen LogP contribution in [0.15, 0.2) is 48.9 Å². The van der Waals surface area contributed by atoms with Crippen LogP contribution in [0.25, 0.3) is 11.3 Å². The van der Waals surface area contributed by atoms with Crippen LogP contribution in [0, 0.1) is 0 Å². The van der Waals surface area contributed by atoms with Gasteiger partial charge in [-0.3, -0.25) is 9.78 Å². The number of nitrogens with zero attached hydrogens (tertiary/aromatic N) is 5. The van der Waals surface area contributed by atoms with Crippen LogP contribution in [-0.4, -0.2) is 44.3 Å². The van der Waals surface area contributed by atoms with Crippen molar-refractivity contribution in [2.45, 2.75) is 6.92 Å². The molecule has 0 aromatic carbocycles. The fourth-order valence-electron chi connectivity index (χ4n) is 2.23. The molecule has 3 aromatic heterocycles. The topological polar surface area (TPSA) is 83.9 Å². The van der Waals surface area contributed by atoms with E-state index in [1.165, 1.54) is 0 Å². The first-order valence-corrected chi connectivity index (χ1v) is 8.38. The molecule has 1 amide bonds. The largest absolute Gasteiger partial charge is 0.341 e. The number of pyridine rings is 2. The summed E-state index contributed by atoms with van der Waals surface area (Å²) in [5, 5.41) is 3.46. The molecule has 3 heterocycles. The lowest BCUT2D eigenvalue weighted by atomic mass is 10.1. The fraction of sp³-hybridized carbons (Fsp3) is 0.167. The van der Waals surface area contributed by atoms with Crippen molar-refractivity contribution in [3.8, 4) is 11.3 Å². The summed E-state index contributed by atoms with van der Waals surface area (Å²) in [4.78, 5) is 30.7. The predicted octanol–water partition coefficient (Wildman–Crippen LogP) is 3.42. The van der Waals surface area contributed by atoms with E-state index in [4.69, 9.17) is 11.6 Å². The molecule has 8 heteroatoms. The van der Waals surface area contributed by atoms with Crippen LogP contribution in [0.2, 0.25) is 5.15 Å². The minimum Gasteiger partial charge on any atom is -0.341 e. The summed E-state index contributed by atoms with van der Waals surface area (Å²) in [6.07, 6.45) is 4.84. The van der Waals surface area contributed by atoms with Crippen LogP contribution in [0.3, 0.4) is 0 Å². The number of amides is 1. The highest BCUT2D eigenvalue weighted by atomic mass is 35.5. The van der Waals surface area contributed by atoms with Gasteiger partial charge in [0.1, 0.15) is 10.8 Å². The van der Waals surface area contributed by atoms with Gasteiger partial charge < -0.3 is 10.2 Å². The van der Waals surface area contributed by atoms with E-state index in [1.54, 1.807) is 60.9 Å². The maximum atomic E-state index is 12.3. The molecule has 0 saturated heterocycles. The van der Waals surface area contributed by atoms with Gasteiger partial charge in [0.05, 0.1) is 5.69 Å². The lowest BCUT2D eigenvalue weighted by Gasteiger charge is -2.14. The minimum atomic E-state index is -0.131. The first-order valence-electron chi connectivity index (χ1n) is 8.00. The Labute approximate surface area is 156 Å². The Kier molecular flexibility index (Phi) is 5.38. The maximum absolute atomic E-state index is 12.3. The number of aromatic nitrogens is 4. The fourth-order valence-corrected chi connectivity index (χ4v) is 2.41. The van der Waals surface area contributed by atoms with Gasteiger partial charge in [-0.1, -0.05) is 11.6 Å². The molecular formula is C18H17ClN6O. The van der Waals surface area contributed by atoms with Gasteiger partial charge in [0.15, 0.2) is 0 Å². The maximum Gasteiger partial charge on any atom is 0.272 e. The molecule has 0 aliphatic heterocycles. The Bertz CT molecular complexity index is 933. The number of anilines is 2. The first kappa shape index (κ1) is 17.8. The highest BCUT2D eigenvalue weighted by Crippen LogP contribution is 2.21. The molecule has 3 aromatic rings. The van der Waals surface area contributed by atoms with Gasteiger partial charge in [0.2, 0.25) is 5.95 Å². The van der Waals surface area contributed by atoms with E-state index in [2.05, 4.69) is 25.3 Å². The molecule has 0 spiro atoms. The zero-order valence-electron chi connectivity index (χ0n) is 14.3. The van der Waals surface area contributed by atoms with E-state index in [0.29, 0.717) is 29.0 Å². The SMILES string of the molecule is CCN(C)C(=O)c1cc(-c2ccnc(Nc3ccnc(Cl)c3)n2)ccn1. The quantitative estimate of drug-likeness (QED) is 0.694. The number of carbonyl (C=O) groups is 1. The number of hydrogen-bond acceptors (Lipinski definition) is 6. The molecule has 26 heavy (non-hydrogen) atoms. The van der Waals surface area contributed by atoms with Crippen molar-refractivity contribution >= 4 is 29.1 Å². The van der Waals surface area contributed by atoms with E-state index in [-0.39, 0.29) is 5.91 Å². The summed E-state index contributed by atoms with van der Waals surface area (Å²) >= 11 is 5.89. The van der Waals surface area contributed by atoms with Gasteiger partial charge in [-0.25, -0.2) is 15.0 Å². The molecule has 0 atom stereocenters. The number of rotatable bonds is 5. The van der Waals surface area contributed by atoms with E-state index >= 15 is 0 Å². The normalized spacial score (nSPS) is 10.4. The van der Waals surface area contributed by atoms with Crippen LogP contribution < -0.4 is 5.32 Å². The van der Waals surface area contributed by atoms with Gasteiger partial charge in [-0.2, -0.15) is 0 Å². The molecule has 0 bridgehead atoms. The molecule has 0 aliphatic carbocycles. The molecule has 3 rings (SSSR count). The summed E-state index contributed by atoms with van der Waals surface area (Å²) in [7, 11) is 1.74. The summed E-state index contributed by atoms with van der Waals surface area (Å²) in [6.45, 7) is 2.52. The van der Waals surface area contributed by atoms with E-state index in [1.807, 2.05) is 6.92 Å². The molecule has 7 nitrogen and oxygen atoms in total. The molecule has 0 unspecified atom stereocenters. The smallest absolute Gasteiger partial charge is 0.272 e. The monoisotopic (exact) mass is 368 g/mol. The van der Waals surface area contributed by atoms with Gasteiger partial charge in [-0.15, -0.1) is 0 Å². The lowest BCUT2D eigenvalue weighted by Crippen LogP contribution is -2.27. The Balaban J connectivity index is 1.87. The second-order valence-electron chi connectivity index (χ2n) is 5.51. The van der Waals surface area contributed by atoms with Crippen molar-refractivity contribution in [3.63, 3.8) is 0 Å². The molecule has 1 N–H and O–H groups in total. The van der Waals surface area contributed by atoms with Gasteiger partial charge in [0, 0.05) is 43.4 Å². The van der Waals surface area contributed by atoms with Crippen LogP contribution in [0.1, 0.15) is 17.4 Å². The highest BCUT2D eigenvalue weighted by Gasteiger charge is 2.13. The third kappa shape index (κ3) is 4.12. The molecular weight excluding hydrogens is 352 g/mol. The minimum absolute atomic E-state index is 0.131. The van der Waals surface area contributed by atoms with Crippen LogP contribution in [0.4, 0.5) is 11.6 Å². The Morgan fingerprint density at radius 3 is 2.65 bits per heavy atom. The Morgan fingerprint density at radius 2 is 1.88 bits per heavy atom. The third-order valence-corrected chi connectivity index (χ3v) is 3.94. The zero-order valence-corrected chi connectivity index (χ0v) is 15.1. The highest BCUT2D eigenvalue weighted by molar-refractivity contribution is 6.29. The number of nitrogens with one attached hydrogen (secondary N) is 1. The summed E-state index contributed by atoms with van der Waals surface area (Å²) in [5.74, 6) is 0.285. The van der Waals surface area contributed by atoms with Crippen molar-refractivity contribution in [1.82, 2.24) is 24.8 Å². The standard InChI is InChI=1S/C18H17ClN6O/c1-3-25(2)17(26)15-10-12(4-7-20-15)14-6-9-22-18(24-14)23-13-5-8-21-16(19)11-13/h4-11H,3H2,1-2H3,(H,21,22,23,24). The average Bonchev–Trinajstić information content (AvgIpc) is 2.67. The Hall–Kier alpha value is -3.06. The van der Waals surface area contributed by atoms with Crippen molar-refractivity contribution < 1.29 is 4.79 Å². The van der Waals surface area contributed by atoms with Crippen molar-refractivity contribution in [1.29, 1.82) is 0 Å². The second kappa shape index (κ2) is 7.88. The summed E-state index contributed by atoms with van der Waals surface area (Å²) in [5.41, 5.74) is 2.57. The third-order valence-electron chi connectivity index (χ3n) is 3.73. The van der Waals surface area contributed by atoms with Crippen LogP contribution >= 0.6 is 11.6 Å². The number of hydrogen-bond donors (Lipinski definition) is 1. The summed E-state index contributed by atoms with van der Waals surface area (Å²) in [6, 6.07) is 8.76. The van der Waals surface area contributed by atoms with Crippen LogP contribution in [-0.2, 0) is 0 Å². The van der Waals surface area contributed by atoms with Gasteiger partial charge >= 0.3 is 0 Å².